The third-order valence-electron chi connectivity index (χ3n) is 2.85. The van der Waals surface area contributed by atoms with Gasteiger partial charge in [-0.2, -0.15) is 0 Å². The van der Waals surface area contributed by atoms with E-state index < -0.39 is 0 Å². The Hall–Kier alpha value is -2.21. The molecule has 2 N–H and O–H groups in total. The zero-order chi connectivity index (χ0) is 15.1. The molecule has 0 aliphatic heterocycles. The van der Waals surface area contributed by atoms with Crippen LogP contribution in [0.15, 0.2) is 36.8 Å². The van der Waals surface area contributed by atoms with Crippen LogP contribution in [-0.4, -0.2) is 22.0 Å². The van der Waals surface area contributed by atoms with Gasteiger partial charge in [-0.1, -0.05) is 13.0 Å². The van der Waals surface area contributed by atoms with Crippen molar-refractivity contribution in [2.75, 3.05) is 11.9 Å². The van der Waals surface area contributed by atoms with Gasteiger partial charge in [0, 0.05) is 18.4 Å². The Morgan fingerprint density at radius 1 is 1.43 bits per heavy atom. The maximum Gasteiger partial charge on any atom is 0.244 e. The highest BCUT2D eigenvalue weighted by molar-refractivity contribution is 5.90. The van der Waals surface area contributed by atoms with Crippen molar-refractivity contribution in [3.8, 4) is 0 Å². The number of nitrogens with one attached hydrogen (secondary N) is 2. The number of nitrogens with zero attached hydrogens (tertiary/aromatic N) is 2. The Morgan fingerprint density at radius 3 is 3.05 bits per heavy atom. The summed E-state index contributed by atoms with van der Waals surface area (Å²) in [6.45, 7) is 3.87. The molecule has 1 aromatic heterocycles. The molecule has 0 unspecified atom stereocenters. The van der Waals surface area contributed by atoms with E-state index in [1.165, 1.54) is 12.1 Å². The van der Waals surface area contributed by atoms with E-state index >= 15 is 0 Å². The molecule has 2 rings (SSSR count). The van der Waals surface area contributed by atoms with Crippen LogP contribution in [0.4, 0.5) is 10.1 Å². The lowest BCUT2D eigenvalue weighted by Gasteiger charge is -2.05. The van der Waals surface area contributed by atoms with E-state index in [-0.39, 0.29) is 18.3 Å². The first-order valence-corrected chi connectivity index (χ1v) is 6.94. The lowest BCUT2D eigenvalue weighted by Crippen LogP contribution is -2.18. The van der Waals surface area contributed by atoms with Gasteiger partial charge < -0.3 is 15.2 Å². The van der Waals surface area contributed by atoms with Crippen molar-refractivity contribution in [2.45, 2.75) is 26.4 Å². The molecule has 0 fully saturated rings. The van der Waals surface area contributed by atoms with Crippen LogP contribution >= 0.6 is 0 Å². The van der Waals surface area contributed by atoms with Crippen LogP contribution < -0.4 is 10.6 Å². The average molecular weight is 290 g/mol. The van der Waals surface area contributed by atoms with Gasteiger partial charge in [-0.05, 0) is 31.2 Å². The highest BCUT2D eigenvalue weighted by atomic mass is 19.1. The first-order chi connectivity index (χ1) is 10.2. The second-order valence-electron chi connectivity index (χ2n) is 4.77. The van der Waals surface area contributed by atoms with Crippen LogP contribution in [0, 0.1) is 5.82 Å². The molecule has 1 amide bonds. The van der Waals surface area contributed by atoms with Crippen LogP contribution in [0.2, 0.25) is 0 Å². The Bertz CT molecular complexity index is 597. The summed E-state index contributed by atoms with van der Waals surface area (Å²) >= 11 is 0. The lowest BCUT2D eigenvalue weighted by molar-refractivity contribution is -0.116. The molecule has 0 aliphatic carbocycles. The summed E-state index contributed by atoms with van der Waals surface area (Å²) in [6, 6.07) is 5.82. The normalized spacial score (nSPS) is 10.6. The van der Waals surface area contributed by atoms with E-state index in [1.54, 1.807) is 23.0 Å². The predicted molar refractivity (Wildman–Crippen MR) is 79.3 cm³/mol. The van der Waals surface area contributed by atoms with Gasteiger partial charge in [-0.3, -0.25) is 4.79 Å². The number of rotatable bonds is 7. The molecule has 112 valence electrons. The number of halogens is 1. The Balaban J connectivity index is 1.85. The number of carbonyl (C=O) groups excluding carboxylic acids is 1. The zero-order valence-corrected chi connectivity index (χ0v) is 12.0. The number of imidazole rings is 1. The van der Waals surface area contributed by atoms with Crippen molar-refractivity contribution in [3.63, 3.8) is 0 Å². The van der Waals surface area contributed by atoms with E-state index in [0.29, 0.717) is 12.2 Å². The fraction of sp³-hybridized carbons (Fsp3) is 0.333. The molecule has 0 saturated heterocycles. The summed E-state index contributed by atoms with van der Waals surface area (Å²) in [5.41, 5.74) is 1.34. The summed E-state index contributed by atoms with van der Waals surface area (Å²) in [6.07, 6.45) is 4.51. The van der Waals surface area contributed by atoms with Gasteiger partial charge in [0.05, 0.1) is 12.0 Å². The van der Waals surface area contributed by atoms with Gasteiger partial charge >= 0.3 is 0 Å². The average Bonchev–Trinajstić information content (AvgIpc) is 2.86. The molecular formula is C15H19FN4O. The predicted octanol–water partition coefficient (Wildman–Crippen LogP) is 2.16. The third kappa shape index (κ3) is 5.00. The van der Waals surface area contributed by atoms with Crippen LogP contribution in [-0.2, 0) is 17.9 Å². The SMILES string of the molecule is CCCNCc1cn(CC(=O)Nc2cccc(F)c2)cn1. The largest absolute Gasteiger partial charge is 0.328 e. The third-order valence-corrected chi connectivity index (χ3v) is 2.85. The number of hydrogen-bond acceptors (Lipinski definition) is 3. The molecule has 2 aromatic rings. The molecule has 0 radical (unpaired) electrons. The summed E-state index contributed by atoms with van der Waals surface area (Å²) in [7, 11) is 0. The molecular weight excluding hydrogens is 271 g/mol. The maximum absolute atomic E-state index is 13.0. The number of hydrogen-bond donors (Lipinski definition) is 2. The minimum absolute atomic E-state index is 0.150. The molecule has 0 saturated carbocycles. The van der Waals surface area contributed by atoms with E-state index in [2.05, 4.69) is 22.5 Å². The maximum atomic E-state index is 13.0. The van der Waals surface area contributed by atoms with Crippen LogP contribution in [0.1, 0.15) is 19.0 Å². The Kier molecular flexibility index (Phi) is 5.45. The van der Waals surface area contributed by atoms with E-state index in [9.17, 15) is 9.18 Å². The van der Waals surface area contributed by atoms with Crippen LogP contribution in [0.3, 0.4) is 0 Å². The van der Waals surface area contributed by atoms with Crippen LogP contribution in [0.5, 0.6) is 0 Å². The smallest absolute Gasteiger partial charge is 0.244 e. The Labute approximate surface area is 123 Å². The minimum Gasteiger partial charge on any atom is -0.328 e. The summed E-state index contributed by atoms with van der Waals surface area (Å²) in [4.78, 5) is 16.1. The minimum atomic E-state index is -0.375. The topological polar surface area (TPSA) is 59.0 Å². The molecule has 1 aromatic carbocycles. The fourth-order valence-corrected chi connectivity index (χ4v) is 1.91. The summed E-state index contributed by atoms with van der Waals surface area (Å²) < 4.78 is 14.7. The molecule has 0 atom stereocenters. The van der Waals surface area contributed by atoms with E-state index in [0.717, 1.165) is 18.7 Å². The standard InChI is InChI=1S/C15H19FN4O/c1-2-6-17-8-14-9-20(11-18-14)10-15(21)19-13-5-3-4-12(16)7-13/h3-5,7,9,11,17H,2,6,8,10H2,1H3,(H,19,21). The zero-order valence-electron chi connectivity index (χ0n) is 12.0. The van der Waals surface area contributed by atoms with Gasteiger partial charge in [-0.15, -0.1) is 0 Å². The fourth-order valence-electron chi connectivity index (χ4n) is 1.91. The molecule has 21 heavy (non-hydrogen) atoms. The number of carbonyl (C=O) groups is 1. The van der Waals surface area contributed by atoms with Gasteiger partial charge in [0.25, 0.3) is 0 Å². The number of amides is 1. The molecule has 6 heteroatoms. The number of aromatic nitrogens is 2. The van der Waals surface area contributed by atoms with Gasteiger partial charge in [0.15, 0.2) is 0 Å². The molecule has 0 bridgehead atoms. The van der Waals surface area contributed by atoms with Crippen molar-refractivity contribution < 1.29 is 9.18 Å². The highest BCUT2D eigenvalue weighted by Crippen LogP contribution is 2.09. The number of benzene rings is 1. The van der Waals surface area contributed by atoms with Gasteiger partial charge in [0.1, 0.15) is 12.4 Å². The first-order valence-electron chi connectivity index (χ1n) is 6.94. The summed E-state index contributed by atoms with van der Waals surface area (Å²) in [5, 5.41) is 5.90. The quantitative estimate of drug-likeness (QED) is 0.768. The monoisotopic (exact) mass is 290 g/mol. The van der Waals surface area contributed by atoms with E-state index in [1.807, 2.05) is 6.20 Å². The van der Waals surface area contributed by atoms with Crippen LogP contribution in [0.25, 0.3) is 0 Å². The van der Waals surface area contributed by atoms with Gasteiger partial charge in [0.2, 0.25) is 5.91 Å². The second-order valence-corrected chi connectivity index (χ2v) is 4.77. The first kappa shape index (κ1) is 15.2. The Morgan fingerprint density at radius 2 is 2.29 bits per heavy atom. The summed E-state index contributed by atoms with van der Waals surface area (Å²) in [5.74, 6) is -0.592. The van der Waals surface area contributed by atoms with Crippen molar-refractivity contribution in [1.82, 2.24) is 14.9 Å². The second kappa shape index (κ2) is 7.54. The highest BCUT2D eigenvalue weighted by Gasteiger charge is 2.05. The molecule has 0 spiro atoms. The van der Waals surface area contributed by atoms with Crippen molar-refractivity contribution in [1.29, 1.82) is 0 Å². The molecule has 0 aliphatic rings. The number of anilines is 1. The van der Waals surface area contributed by atoms with Crippen molar-refractivity contribution in [2.24, 2.45) is 0 Å². The molecule has 1 heterocycles. The van der Waals surface area contributed by atoms with Gasteiger partial charge in [-0.25, -0.2) is 9.37 Å². The lowest BCUT2D eigenvalue weighted by atomic mass is 10.3. The van der Waals surface area contributed by atoms with E-state index in [4.69, 9.17) is 0 Å². The van der Waals surface area contributed by atoms with Crippen molar-refractivity contribution in [3.05, 3.63) is 48.3 Å². The molecule has 5 nitrogen and oxygen atoms in total. The van der Waals surface area contributed by atoms with Crippen molar-refractivity contribution >= 4 is 11.6 Å².